The molecule has 6 rings (SSSR count). The number of halogens is 2. The molecule has 2 saturated heterocycles. The molecule has 2 aromatic heterocycles. The van der Waals surface area contributed by atoms with Crippen molar-refractivity contribution in [3.05, 3.63) is 52.7 Å². The lowest BCUT2D eigenvalue weighted by Crippen LogP contribution is -2.73. The highest BCUT2D eigenvalue weighted by molar-refractivity contribution is 6.30. The normalized spacial score (nSPS) is 18.0. The summed E-state index contributed by atoms with van der Waals surface area (Å²) >= 11 is 6.35. The third-order valence-corrected chi connectivity index (χ3v) is 7.58. The first-order valence-electron chi connectivity index (χ1n) is 12.1. The van der Waals surface area contributed by atoms with Crippen LogP contribution in [-0.2, 0) is 17.9 Å². The summed E-state index contributed by atoms with van der Waals surface area (Å²) in [4.78, 5) is 24.7. The first-order valence-corrected chi connectivity index (χ1v) is 12.5. The number of pyridine rings is 1. The number of carbonyl (C=O) groups is 1. The van der Waals surface area contributed by atoms with Gasteiger partial charge in [-0.1, -0.05) is 11.6 Å². The van der Waals surface area contributed by atoms with E-state index in [4.69, 9.17) is 16.3 Å². The average Bonchev–Trinajstić information content (AvgIpc) is 3.14. The number of aromatic nitrogens is 4. The maximum absolute atomic E-state index is 13.8. The van der Waals surface area contributed by atoms with Crippen molar-refractivity contribution in [1.29, 1.82) is 0 Å². The quantitative estimate of drug-likeness (QED) is 0.500. The molecule has 0 saturated carbocycles. The molecule has 37 heavy (non-hydrogen) atoms. The summed E-state index contributed by atoms with van der Waals surface area (Å²) in [5.74, 6) is 2.08. The van der Waals surface area contributed by atoms with Gasteiger partial charge in [-0.3, -0.25) is 14.3 Å². The Balaban J connectivity index is 1.21. The van der Waals surface area contributed by atoms with Gasteiger partial charge in [-0.05, 0) is 23.8 Å². The molecule has 0 aliphatic carbocycles. The summed E-state index contributed by atoms with van der Waals surface area (Å²) in [6.07, 6.45) is 1.21. The second kappa shape index (κ2) is 8.84. The minimum Gasteiger partial charge on any atom is -0.493 e. The molecule has 3 aromatic rings. The number of rotatable bonds is 5. The van der Waals surface area contributed by atoms with E-state index >= 15 is 0 Å². The Labute approximate surface area is 219 Å². The zero-order chi connectivity index (χ0) is 25.9. The molecular formula is C25H28ClFN8O2. The van der Waals surface area contributed by atoms with E-state index in [0.717, 1.165) is 55.0 Å². The Kier molecular flexibility index (Phi) is 5.72. The minimum absolute atomic E-state index is 0.0317. The number of amides is 1. The van der Waals surface area contributed by atoms with Crippen LogP contribution in [0.3, 0.4) is 0 Å². The van der Waals surface area contributed by atoms with E-state index in [1.54, 1.807) is 25.1 Å². The zero-order valence-electron chi connectivity index (χ0n) is 21.0. The zero-order valence-corrected chi connectivity index (χ0v) is 21.7. The molecule has 0 atom stereocenters. The standard InChI is InChI=1S/C25H28ClFN8O2/c1-31(2)23(36)11-32-9-16-6-17(26)4-5-19(16)35-22(10-32)29-30-24(35)34-14-25(15-34)12-33(13-25)21-7-20(37-3)18(27)8-28-21/h4-8H,9-15H2,1-3H3. The fourth-order valence-electron chi connectivity index (χ4n) is 5.47. The van der Waals surface area contributed by atoms with Crippen LogP contribution >= 0.6 is 11.6 Å². The number of benzene rings is 1. The fourth-order valence-corrected chi connectivity index (χ4v) is 5.67. The van der Waals surface area contributed by atoms with Crippen molar-refractivity contribution in [3.8, 4) is 11.4 Å². The molecule has 1 aromatic carbocycles. The molecule has 2 fully saturated rings. The lowest BCUT2D eigenvalue weighted by Gasteiger charge is -2.60. The van der Waals surface area contributed by atoms with E-state index in [2.05, 4.69) is 34.4 Å². The number of ether oxygens (including phenoxy) is 1. The van der Waals surface area contributed by atoms with Gasteiger partial charge in [-0.25, -0.2) is 9.37 Å². The SMILES string of the molecule is COc1cc(N2CC3(C2)CN(c2nnc4n2-c2ccc(Cl)cc2CN(CC(=O)N(C)C)C4)C3)ncc1F. The third-order valence-electron chi connectivity index (χ3n) is 7.35. The molecule has 12 heteroatoms. The first-order chi connectivity index (χ1) is 17.7. The Morgan fingerprint density at radius 1 is 1.14 bits per heavy atom. The maximum atomic E-state index is 13.8. The van der Waals surface area contributed by atoms with Crippen molar-refractivity contribution < 1.29 is 13.9 Å². The van der Waals surface area contributed by atoms with Crippen molar-refractivity contribution in [3.63, 3.8) is 0 Å². The van der Waals surface area contributed by atoms with Gasteiger partial charge < -0.3 is 19.4 Å². The topological polar surface area (TPSA) is 82.9 Å². The summed E-state index contributed by atoms with van der Waals surface area (Å²) in [7, 11) is 4.97. The number of methoxy groups -OCH3 is 1. The van der Waals surface area contributed by atoms with Crippen molar-refractivity contribution in [2.45, 2.75) is 13.1 Å². The van der Waals surface area contributed by atoms with Crippen molar-refractivity contribution in [2.75, 3.05) is 63.7 Å². The number of hydrogen-bond donors (Lipinski definition) is 0. The molecule has 5 heterocycles. The number of carbonyl (C=O) groups excluding carboxylic acids is 1. The smallest absolute Gasteiger partial charge is 0.236 e. The predicted octanol–water partition coefficient (Wildman–Crippen LogP) is 2.19. The van der Waals surface area contributed by atoms with Crippen molar-refractivity contribution in [1.82, 2.24) is 29.5 Å². The summed E-state index contributed by atoms with van der Waals surface area (Å²) in [5.41, 5.74) is 2.14. The molecule has 0 bridgehead atoms. The second-order valence-electron chi connectivity index (χ2n) is 10.3. The van der Waals surface area contributed by atoms with Crippen LogP contribution in [0.5, 0.6) is 5.75 Å². The van der Waals surface area contributed by atoms with Crippen LogP contribution in [0.1, 0.15) is 11.4 Å². The molecule has 1 amide bonds. The Morgan fingerprint density at radius 2 is 1.89 bits per heavy atom. The summed E-state index contributed by atoms with van der Waals surface area (Å²) < 4.78 is 21.0. The van der Waals surface area contributed by atoms with Crippen LogP contribution in [0.15, 0.2) is 30.5 Å². The van der Waals surface area contributed by atoms with E-state index in [-0.39, 0.29) is 23.6 Å². The van der Waals surface area contributed by atoms with Gasteiger partial charge in [0.25, 0.3) is 0 Å². The highest BCUT2D eigenvalue weighted by Gasteiger charge is 2.53. The Hall–Kier alpha value is -3.44. The summed E-state index contributed by atoms with van der Waals surface area (Å²) in [6, 6.07) is 7.47. The number of nitrogens with zero attached hydrogens (tertiary/aromatic N) is 8. The average molecular weight is 527 g/mol. The van der Waals surface area contributed by atoms with Gasteiger partial charge in [0.2, 0.25) is 11.9 Å². The van der Waals surface area contributed by atoms with E-state index in [9.17, 15) is 9.18 Å². The Bertz CT molecular complexity index is 1360. The number of anilines is 2. The molecule has 3 aliphatic heterocycles. The molecule has 0 N–H and O–H groups in total. The minimum atomic E-state index is -0.463. The van der Waals surface area contributed by atoms with Gasteiger partial charge in [-0.2, -0.15) is 0 Å². The van der Waals surface area contributed by atoms with Gasteiger partial charge in [-0.15, -0.1) is 10.2 Å². The van der Waals surface area contributed by atoms with Gasteiger partial charge in [0.05, 0.1) is 32.1 Å². The van der Waals surface area contributed by atoms with Gasteiger partial charge in [0.15, 0.2) is 17.4 Å². The fraction of sp³-hybridized carbons (Fsp3) is 0.440. The van der Waals surface area contributed by atoms with Crippen LogP contribution in [0.4, 0.5) is 16.2 Å². The van der Waals surface area contributed by atoms with Crippen LogP contribution in [0.25, 0.3) is 5.69 Å². The van der Waals surface area contributed by atoms with E-state index in [1.807, 2.05) is 18.2 Å². The predicted molar refractivity (Wildman–Crippen MR) is 137 cm³/mol. The number of fused-ring (bicyclic) bond motifs is 3. The summed E-state index contributed by atoms with van der Waals surface area (Å²) in [5, 5.41) is 9.74. The first kappa shape index (κ1) is 23.9. The number of hydrogen-bond acceptors (Lipinski definition) is 8. The molecule has 194 valence electrons. The van der Waals surface area contributed by atoms with Gasteiger partial charge in [0, 0.05) is 63.3 Å². The molecular weight excluding hydrogens is 499 g/mol. The lowest BCUT2D eigenvalue weighted by molar-refractivity contribution is -0.130. The Morgan fingerprint density at radius 3 is 2.62 bits per heavy atom. The summed E-state index contributed by atoms with van der Waals surface area (Å²) in [6.45, 7) is 4.72. The van der Waals surface area contributed by atoms with Crippen molar-refractivity contribution >= 4 is 29.3 Å². The van der Waals surface area contributed by atoms with Gasteiger partial charge >= 0.3 is 0 Å². The third kappa shape index (κ3) is 4.15. The molecule has 0 unspecified atom stereocenters. The van der Waals surface area contributed by atoms with Crippen LogP contribution in [0.2, 0.25) is 5.02 Å². The molecule has 10 nitrogen and oxygen atoms in total. The lowest BCUT2D eigenvalue weighted by atomic mass is 9.73. The monoisotopic (exact) mass is 526 g/mol. The van der Waals surface area contributed by atoms with E-state index < -0.39 is 5.82 Å². The number of likely N-dealkylation sites (N-methyl/N-ethyl adjacent to an activating group) is 1. The van der Waals surface area contributed by atoms with Crippen LogP contribution < -0.4 is 14.5 Å². The molecule has 3 aliphatic rings. The maximum Gasteiger partial charge on any atom is 0.236 e. The second-order valence-corrected chi connectivity index (χ2v) is 10.8. The van der Waals surface area contributed by atoms with Crippen LogP contribution in [0, 0.1) is 11.2 Å². The van der Waals surface area contributed by atoms with Crippen LogP contribution in [-0.4, -0.2) is 89.4 Å². The van der Waals surface area contributed by atoms with E-state index in [0.29, 0.717) is 18.1 Å². The largest absolute Gasteiger partial charge is 0.493 e. The highest BCUT2D eigenvalue weighted by atomic mass is 35.5. The molecule has 0 radical (unpaired) electrons. The molecule has 1 spiro atoms. The van der Waals surface area contributed by atoms with Crippen molar-refractivity contribution in [2.24, 2.45) is 5.41 Å². The highest BCUT2D eigenvalue weighted by Crippen LogP contribution is 2.44. The van der Waals surface area contributed by atoms with E-state index in [1.165, 1.54) is 13.3 Å². The van der Waals surface area contributed by atoms with Gasteiger partial charge in [0.1, 0.15) is 5.82 Å².